The maximum absolute atomic E-state index is 13.5. The number of anilines is 1. The summed E-state index contributed by atoms with van der Waals surface area (Å²) in [6, 6.07) is 14.1. The summed E-state index contributed by atoms with van der Waals surface area (Å²) in [5.74, 6) is 0.822. The van der Waals surface area contributed by atoms with Gasteiger partial charge in [0.2, 0.25) is 0 Å². The van der Waals surface area contributed by atoms with Crippen molar-refractivity contribution in [3.63, 3.8) is 0 Å². The Bertz CT molecular complexity index is 1100. The van der Waals surface area contributed by atoms with Crippen LogP contribution in [0, 0.1) is 20.8 Å². The van der Waals surface area contributed by atoms with Crippen molar-refractivity contribution in [3.05, 3.63) is 80.0 Å². The van der Waals surface area contributed by atoms with Crippen molar-refractivity contribution >= 4 is 23.1 Å². The zero-order valence-electron chi connectivity index (χ0n) is 18.9. The minimum atomic E-state index is -0.0937. The Morgan fingerprint density at radius 3 is 2.58 bits per heavy atom. The molecule has 1 aliphatic rings. The van der Waals surface area contributed by atoms with E-state index >= 15 is 0 Å². The van der Waals surface area contributed by atoms with Crippen molar-refractivity contribution < 1.29 is 9.53 Å². The molecule has 1 aliphatic heterocycles. The van der Waals surface area contributed by atoms with Gasteiger partial charge in [-0.3, -0.25) is 0 Å². The van der Waals surface area contributed by atoms with Crippen LogP contribution in [0.1, 0.15) is 50.5 Å². The lowest BCUT2D eigenvalue weighted by Crippen LogP contribution is -2.42. The van der Waals surface area contributed by atoms with Crippen molar-refractivity contribution in [2.24, 2.45) is 0 Å². The fourth-order valence-electron chi connectivity index (χ4n) is 4.50. The maximum atomic E-state index is 13.5. The standard InChI is InChI=1S/C26H30N2O2S/c1-6-21-18(4)31-25-22(21)13-14-28(24(25)19-9-11-20(30-5)12-10-19)26(29)27-23-15-16(2)7-8-17(23)3/h7-12,15,24H,6,13-14H2,1-5H3,(H,27,29)/t24-/m0/s1. The number of nitrogens with one attached hydrogen (secondary N) is 1. The van der Waals surface area contributed by atoms with Crippen molar-refractivity contribution in [1.29, 1.82) is 0 Å². The Morgan fingerprint density at radius 2 is 1.90 bits per heavy atom. The molecule has 2 heterocycles. The van der Waals surface area contributed by atoms with Crippen LogP contribution in [0.2, 0.25) is 0 Å². The number of nitrogens with zero attached hydrogens (tertiary/aromatic N) is 1. The third kappa shape index (κ3) is 4.07. The molecule has 1 atom stereocenters. The molecule has 3 aromatic rings. The van der Waals surface area contributed by atoms with Crippen molar-refractivity contribution in [2.75, 3.05) is 19.0 Å². The fraction of sp³-hybridized carbons (Fsp3) is 0.346. The number of rotatable bonds is 4. The molecular weight excluding hydrogens is 404 g/mol. The number of carbonyl (C=O) groups is 1. The van der Waals surface area contributed by atoms with Crippen LogP contribution >= 0.6 is 11.3 Å². The largest absolute Gasteiger partial charge is 0.497 e. The van der Waals surface area contributed by atoms with E-state index in [2.05, 4.69) is 43.4 Å². The molecule has 0 spiro atoms. The highest BCUT2D eigenvalue weighted by atomic mass is 32.1. The van der Waals surface area contributed by atoms with Gasteiger partial charge in [-0.1, -0.05) is 31.2 Å². The summed E-state index contributed by atoms with van der Waals surface area (Å²) in [7, 11) is 1.67. The molecule has 0 unspecified atom stereocenters. The molecule has 2 aromatic carbocycles. The molecule has 0 aliphatic carbocycles. The molecule has 162 valence electrons. The first-order chi connectivity index (χ1) is 14.9. The monoisotopic (exact) mass is 434 g/mol. The van der Waals surface area contributed by atoms with E-state index in [9.17, 15) is 4.79 Å². The van der Waals surface area contributed by atoms with E-state index in [1.165, 1.54) is 20.9 Å². The summed E-state index contributed by atoms with van der Waals surface area (Å²) in [4.78, 5) is 18.1. The molecular formula is C26H30N2O2S. The molecule has 0 fully saturated rings. The second kappa shape index (κ2) is 8.75. The molecule has 1 aromatic heterocycles. The molecule has 4 rings (SSSR count). The van der Waals surface area contributed by atoms with Crippen LogP contribution < -0.4 is 10.1 Å². The molecule has 31 heavy (non-hydrogen) atoms. The van der Waals surface area contributed by atoms with E-state index in [0.717, 1.165) is 41.0 Å². The lowest BCUT2D eigenvalue weighted by molar-refractivity contribution is 0.195. The van der Waals surface area contributed by atoms with E-state index in [1.807, 2.05) is 48.3 Å². The molecule has 0 saturated carbocycles. The SMILES string of the molecule is CCc1c(C)sc2c1CCN(C(=O)Nc1cc(C)ccc1C)[C@H]2c1ccc(OC)cc1. The van der Waals surface area contributed by atoms with E-state index in [-0.39, 0.29) is 12.1 Å². The van der Waals surface area contributed by atoms with Gasteiger partial charge in [-0.15, -0.1) is 11.3 Å². The Morgan fingerprint density at radius 1 is 1.16 bits per heavy atom. The van der Waals surface area contributed by atoms with Gasteiger partial charge >= 0.3 is 6.03 Å². The van der Waals surface area contributed by atoms with Crippen LogP contribution in [0.5, 0.6) is 5.75 Å². The average Bonchev–Trinajstić information content (AvgIpc) is 3.10. The van der Waals surface area contributed by atoms with Gasteiger partial charge in [-0.05, 0) is 79.6 Å². The first kappa shape index (κ1) is 21.4. The smallest absolute Gasteiger partial charge is 0.322 e. The van der Waals surface area contributed by atoms with Crippen LogP contribution in [-0.4, -0.2) is 24.6 Å². The van der Waals surface area contributed by atoms with Gasteiger partial charge < -0.3 is 15.0 Å². The van der Waals surface area contributed by atoms with Gasteiger partial charge in [0.25, 0.3) is 0 Å². The van der Waals surface area contributed by atoms with E-state index in [0.29, 0.717) is 6.54 Å². The number of ether oxygens (including phenoxy) is 1. The van der Waals surface area contributed by atoms with Crippen LogP contribution in [0.3, 0.4) is 0 Å². The number of aryl methyl sites for hydroxylation is 3. The number of fused-ring (bicyclic) bond motifs is 1. The Kier molecular flexibility index (Phi) is 6.05. The van der Waals surface area contributed by atoms with E-state index < -0.39 is 0 Å². The average molecular weight is 435 g/mol. The highest BCUT2D eigenvalue weighted by Crippen LogP contribution is 2.43. The number of benzene rings is 2. The number of hydrogen-bond donors (Lipinski definition) is 1. The predicted octanol–water partition coefficient (Wildman–Crippen LogP) is 6.42. The number of thiophene rings is 1. The van der Waals surface area contributed by atoms with Crippen molar-refractivity contribution in [1.82, 2.24) is 4.90 Å². The normalized spacial score (nSPS) is 15.5. The molecule has 1 N–H and O–H groups in total. The van der Waals surface area contributed by atoms with Gasteiger partial charge in [0.15, 0.2) is 0 Å². The Labute approximate surface area is 188 Å². The van der Waals surface area contributed by atoms with Crippen LogP contribution in [-0.2, 0) is 12.8 Å². The molecule has 0 radical (unpaired) electrons. The van der Waals surface area contributed by atoms with Gasteiger partial charge in [-0.25, -0.2) is 4.79 Å². The minimum Gasteiger partial charge on any atom is -0.497 e. The summed E-state index contributed by atoms with van der Waals surface area (Å²) in [6.07, 6.45) is 1.93. The highest BCUT2D eigenvalue weighted by molar-refractivity contribution is 7.12. The molecule has 5 heteroatoms. The number of amides is 2. The quantitative estimate of drug-likeness (QED) is 0.514. The van der Waals surface area contributed by atoms with Gasteiger partial charge in [-0.2, -0.15) is 0 Å². The first-order valence-electron chi connectivity index (χ1n) is 10.8. The number of carbonyl (C=O) groups excluding carboxylic acids is 1. The lowest BCUT2D eigenvalue weighted by Gasteiger charge is -2.36. The van der Waals surface area contributed by atoms with Gasteiger partial charge in [0.1, 0.15) is 5.75 Å². The van der Waals surface area contributed by atoms with Crippen LogP contribution in [0.4, 0.5) is 10.5 Å². The van der Waals surface area contributed by atoms with Crippen LogP contribution in [0.15, 0.2) is 42.5 Å². The first-order valence-corrected chi connectivity index (χ1v) is 11.6. The topological polar surface area (TPSA) is 41.6 Å². The van der Waals surface area contributed by atoms with Gasteiger partial charge in [0.05, 0.1) is 13.2 Å². The number of methoxy groups -OCH3 is 1. The summed E-state index contributed by atoms with van der Waals surface area (Å²) < 4.78 is 5.35. The summed E-state index contributed by atoms with van der Waals surface area (Å²) in [5.41, 5.74) is 7.07. The zero-order valence-corrected chi connectivity index (χ0v) is 19.7. The van der Waals surface area contributed by atoms with Crippen molar-refractivity contribution in [2.45, 2.75) is 46.6 Å². The predicted molar refractivity (Wildman–Crippen MR) is 129 cm³/mol. The van der Waals surface area contributed by atoms with E-state index in [4.69, 9.17) is 4.74 Å². The maximum Gasteiger partial charge on any atom is 0.322 e. The summed E-state index contributed by atoms with van der Waals surface area (Å²) >= 11 is 1.83. The Hall–Kier alpha value is -2.79. The number of hydrogen-bond acceptors (Lipinski definition) is 3. The molecule has 0 saturated heterocycles. The summed E-state index contributed by atoms with van der Waals surface area (Å²) in [6.45, 7) is 9.19. The molecule has 4 nitrogen and oxygen atoms in total. The lowest BCUT2D eigenvalue weighted by atomic mass is 9.92. The second-order valence-corrected chi connectivity index (χ2v) is 9.46. The van der Waals surface area contributed by atoms with Crippen molar-refractivity contribution in [3.8, 4) is 5.75 Å². The minimum absolute atomic E-state index is 0.0516. The summed E-state index contributed by atoms with van der Waals surface area (Å²) in [5, 5.41) is 3.18. The molecule has 0 bridgehead atoms. The highest BCUT2D eigenvalue weighted by Gasteiger charge is 2.35. The fourth-order valence-corrected chi connectivity index (χ4v) is 5.95. The molecule has 2 amide bonds. The number of urea groups is 1. The zero-order chi connectivity index (χ0) is 22.1. The Balaban J connectivity index is 1.74. The van der Waals surface area contributed by atoms with Crippen LogP contribution in [0.25, 0.3) is 0 Å². The third-order valence-electron chi connectivity index (χ3n) is 6.19. The third-order valence-corrected chi connectivity index (χ3v) is 7.44. The second-order valence-electron chi connectivity index (χ2n) is 8.20. The van der Waals surface area contributed by atoms with E-state index in [1.54, 1.807) is 7.11 Å². The van der Waals surface area contributed by atoms with Gasteiger partial charge in [0, 0.05) is 22.0 Å².